The van der Waals surface area contributed by atoms with Gasteiger partial charge in [-0.05, 0) is 101 Å². The second-order valence-corrected chi connectivity index (χ2v) is 16.2. The third kappa shape index (κ3) is 6.26. The standard InChI is InChI=1S/C60H36N4/c61-37-45-35-42(41-20-10-21-44(34-41)59-62-58(40-15-2-1-3-16-40)63-60(64-59)55-29-11-17-38-14-4-5-22-46(38)55)30-32-48(45)50-25-8-9-26-51(50)49-24-7-6-23-47(49)43-31-33-52-53-27-12-18-39-19-13-28-54(57(39)53)56(52)36-43/h1-36H. The van der Waals surface area contributed by atoms with Gasteiger partial charge in [0.25, 0.3) is 0 Å². The molecule has 1 aromatic heterocycles. The molecule has 11 aromatic rings. The van der Waals surface area contributed by atoms with E-state index in [0.717, 1.165) is 72.0 Å². The summed E-state index contributed by atoms with van der Waals surface area (Å²) >= 11 is 0. The Balaban J connectivity index is 0.924. The van der Waals surface area contributed by atoms with E-state index in [1.54, 1.807) is 0 Å². The molecule has 296 valence electrons. The van der Waals surface area contributed by atoms with Crippen LogP contribution in [0.5, 0.6) is 0 Å². The van der Waals surface area contributed by atoms with Crippen molar-refractivity contribution in [3.63, 3.8) is 0 Å². The molecule has 0 fully saturated rings. The zero-order valence-corrected chi connectivity index (χ0v) is 34.6. The van der Waals surface area contributed by atoms with E-state index in [4.69, 9.17) is 15.0 Å². The second kappa shape index (κ2) is 15.3. The summed E-state index contributed by atoms with van der Waals surface area (Å²) in [6.45, 7) is 0. The number of fused-ring (bicyclic) bond motifs is 4. The largest absolute Gasteiger partial charge is 0.208 e. The minimum Gasteiger partial charge on any atom is -0.208 e. The Morgan fingerprint density at radius 3 is 1.55 bits per heavy atom. The smallest absolute Gasteiger partial charge is 0.164 e. The van der Waals surface area contributed by atoms with Gasteiger partial charge in [-0.2, -0.15) is 5.26 Å². The summed E-state index contributed by atoms with van der Waals surface area (Å²) in [5.41, 5.74) is 16.7. The second-order valence-electron chi connectivity index (χ2n) is 16.2. The van der Waals surface area contributed by atoms with Crippen molar-refractivity contribution in [3.8, 4) is 107 Å². The minimum atomic E-state index is 0.577. The van der Waals surface area contributed by atoms with Crippen molar-refractivity contribution < 1.29 is 0 Å². The zero-order chi connectivity index (χ0) is 42.6. The summed E-state index contributed by atoms with van der Waals surface area (Å²) in [5, 5.41) is 15.6. The molecule has 0 atom stereocenters. The van der Waals surface area contributed by atoms with Crippen LogP contribution in [-0.2, 0) is 0 Å². The number of nitriles is 1. The van der Waals surface area contributed by atoms with Crippen LogP contribution in [0.15, 0.2) is 218 Å². The van der Waals surface area contributed by atoms with Gasteiger partial charge in [0.05, 0.1) is 11.6 Å². The molecule has 0 radical (unpaired) electrons. The Bertz CT molecular complexity index is 3680. The van der Waals surface area contributed by atoms with Gasteiger partial charge in [0.2, 0.25) is 0 Å². The molecule has 1 heterocycles. The molecule has 0 amide bonds. The first-order valence-electron chi connectivity index (χ1n) is 21.5. The minimum absolute atomic E-state index is 0.577. The highest BCUT2D eigenvalue weighted by Crippen LogP contribution is 2.49. The van der Waals surface area contributed by atoms with E-state index in [1.807, 2.05) is 66.7 Å². The fourth-order valence-electron chi connectivity index (χ4n) is 9.53. The van der Waals surface area contributed by atoms with E-state index in [-0.39, 0.29) is 0 Å². The maximum atomic E-state index is 10.8. The summed E-state index contributed by atoms with van der Waals surface area (Å²) in [4.78, 5) is 15.1. The Kier molecular flexibility index (Phi) is 8.84. The van der Waals surface area contributed by atoms with E-state index in [2.05, 4.69) is 158 Å². The van der Waals surface area contributed by atoms with Crippen LogP contribution in [0.3, 0.4) is 0 Å². The average molecular weight is 813 g/mol. The molecule has 1 aliphatic rings. The Labute approximate surface area is 371 Å². The summed E-state index contributed by atoms with van der Waals surface area (Å²) < 4.78 is 0. The summed E-state index contributed by atoms with van der Waals surface area (Å²) in [6.07, 6.45) is 0. The molecule has 0 unspecified atom stereocenters. The molecule has 64 heavy (non-hydrogen) atoms. The SMILES string of the molecule is N#Cc1cc(-c2cccc(-c3nc(-c4ccccc4)nc(-c4cccc5ccccc45)n3)c2)ccc1-c1ccccc1-c1ccccc1-c1ccc2c(c1)-c1cccc3cccc-2c13. The van der Waals surface area contributed by atoms with Gasteiger partial charge in [0, 0.05) is 22.3 Å². The molecule has 0 saturated carbocycles. The van der Waals surface area contributed by atoms with Crippen LogP contribution in [0.4, 0.5) is 0 Å². The molecule has 12 rings (SSSR count). The van der Waals surface area contributed by atoms with Crippen molar-refractivity contribution in [2.24, 2.45) is 0 Å². The van der Waals surface area contributed by atoms with E-state index in [9.17, 15) is 5.26 Å². The number of hydrogen-bond donors (Lipinski definition) is 0. The molecular formula is C60H36N4. The molecule has 1 aliphatic carbocycles. The summed E-state index contributed by atoms with van der Waals surface area (Å²) in [7, 11) is 0. The highest BCUT2D eigenvalue weighted by Gasteiger charge is 2.23. The zero-order valence-electron chi connectivity index (χ0n) is 34.6. The number of aromatic nitrogens is 3. The van der Waals surface area contributed by atoms with Crippen molar-refractivity contribution in [3.05, 3.63) is 224 Å². The first kappa shape index (κ1) is 37.0. The first-order valence-corrected chi connectivity index (χ1v) is 21.5. The topological polar surface area (TPSA) is 62.5 Å². The third-order valence-corrected chi connectivity index (χ3v) is 12.5. The highest BCUT2D eigenvalue weighted by molar-refractivity contribution is 6.16. The van der Waals surface area contributed by atoms with Crippen LogP contribution in [-0.4, -0.2) is 15.0 Å². The van der Waals surface area contributed by atoms with Crippen molar-refractivity contribution in [1.29, 1.82) is 5.26 Å². The van der Waals surface area contributed by atoms with Gasteiger partial charge in [0.1, 0.15) is 0 Å². The molecule has 0 aliphatic heterocycles. The predicted molar refractivity (Wildman–Crippen MR) is 262 cm³/mol. The first-order chi connectivity index (χ1) is 31.7. The monoisotopic (exact) mass is 812 g/mol. The van der Waals surface area contributed by atoms with Crippen molar-refractivity contribution in [1.82, 2.24) is 15.0 Å². The number of benzene rings is 10. The van der Waals surface area contributed by atoms with Crippen LogP contribution in [0.25, 0.3) is 122 Å². The fraction of sp³-hybridized carbons (Fsp3) is 0. The lowest BCUT2D eigenvalue weighted by atomic mass is 9.86. The maximum Gasteiger partial charge on any atom is 0.164 e. The van der Waals surface area contributed by atoms with Crippen LogP contribution in [0, 0.1) is 11.3 Å². The average Bonchev–Trinajstić information content (AvgIpc) is 3.70. The van der Waals surface area contributed by atoms with Gasteiger partial charge in [-0.3, -0.25) is 0 Å². The van der Waals surface area contributed by atoms with Crippen LogP contribution < -0.4 is 0 Å². The quantitative estimate of drug-likeness (QED) is 0.161. The van der Waals surface area contributed by atoms with E-state index in [1.165, 1.54) is 33.0 Å². The Morgan fingerprint density at radius 2 is 0.766 bits per heavy atom. The summed E-state index contributed by atoms with van der Waals surface area (Å²) in [6, 6.07) is 78.6. The molecule has 10 aromatic carbocycles. The fourth-order valence-corrected chi connectivity index (χ4v) is 9.53. The predicted octanol–water partition coefficient (Wildman–Crippen LogP) is 15.4. The van der Waals surface area contributed by atoms with Crippen molar-refractivity contribution in [2.45, 2.75) is 0 Å². The Hall–Kier alpha value is -8.78. The maximum absolute atomic E-state index is 10.8. The van der Waals surface area contributed by atoms with Crippen molar-refractivity contribution in [2.75, 3.05) is 0 Å². The molecule has 0 saturated heterocycles. The van der Waals surface area contributed by atoms with E-state index in [0.29, 0.717) is 23.0 Å². The number of rotatable bonds is 7. The van der Waals surface area contributed by atoms with Crippen LogP contribution in [0.2, 0.25) is 0 Å². The van der Waals surface area contributed by atoms with Gasteiger partial charge in [0.15, 0.2) is 17.5 Å². The highest BCUT2D eigenvalue weighted by atomic mass is 15.0. The van der Waals surface area contributed by atoms with Gasteiger partial charge >= 0.3 is 0 Å². The molecule has 4 heteroatoms. The number of nitrogens with zero attached hydrogens (tertiary/aromatic N) is 4. The van der Waals surface area contributed by atoms with Crippen LogP contribution in [0.1, 0.15) is 5.56 Å². The van der Waals surface area contributed by atoms with E-state index < -0.39 is 0 Å². The normalized spacial score (nSPS) is 11.4. The molecule has 0 spiro atoms. The summed E-state index contributed by atoms with van der Waals surface area (Å²) in [5.74, 6) is 1.80. The van der Waals surface area contributed by atoms with E-state index >= 15 is 0 Å². The lowest BCUT2D eigenvalue weighted by Gasteiger charge is -2.17. The lowest BCUT2D eigenvalue weighted by molar-refractivity contribution is 1.08. The van der Waals surface area contributed by atoms with Crippen molar-refractivity contribution >= 4 is 21.5 Å². The molecule has 0 bridgehead atoms. The number of hydrogen-bond acceptors (Lipinski definition) is 4. The van der Waals surface area contributed by atoms with Gasteiger partial charge < -0.3 is 0 Å². The van der Waals surface area contributed by atoms with Gasteiger partial charge in [-0.15, -0.1) is 0 Å². The molecular weight excluding hydrogens is 777 g/mol. The van der Waals surface area contributed by atoms with Crippen LogP contribution >= 0.6 is 0 Å². The van der Waals surface area contributed by atoms with Gasteiger partial charge in [-0.25, -0.2) is 15.0 Å². The van der Waals surface area contributed by atoms with Gasteiger partial charge in [-0.1, -0.05) is 200 Å². The lowest BCUT2D eigenvalue weighted by Crippen LogP contribution is -2.00. The molecule has 0 N–H and O–H groups in total. The third-order valence-electron chi connectivity index (χ3n) is 12.5. The Morgan fingerprint density at radius 1 is 0.281 bits per heavy atom. The molecule has 4 nitrogen and oxygen atoms in total.